The zero-order chi connectivity index (χ0) is 17.5. The van der Waals surface area contributed by atoms with Gasteiger partial charge in [-0.25, -0.2) is 19.9 Å². The predicted molar refractivity (Wildman–Crippen MR) is 93.6 cm³/mol. The Hall–Kier alpha value is -3.42. The molecule has 0 saturated carbocycles. The maximum absolute atomic E-state index is 5.14. The first-order chi connectivity index (χ1) is 12.3. The van der Waals surface area contributed by atoms with Gasteiger partial charge in [-0.3, -0.25) is 0 Å². The molecular formula is C17H18N6O2. The third-order valence-corrected chi connectivity index (χ3v) is 3.42. The van der Waals surface area contributed by atoms with Crippen molar-refractivity contribution in [1.29, 1.82) is 0 Å². The van der Waals surface area contributed by atoms with Crippen LogP contribution < -0.4 is 20.1 Å². The molecule has 0 amide bonds. The molecule has 2 heterocycles. The fraction of sp³-hybridized carbons (Fsp3) is 0.176. The summed E-state index contributed by atoms with van der Waals surface area (Å²) in [4.78, 5) is 16.5. The molecule has 3 aromatic rings. The van der Waals surface area contributed by atoms with E-state index in [0.29, 0.717) is 23.4 Å². The van der Waals surface area contributed by atoms with Crippen LogP contribution in [0.15, 0.2) is 55.1 Å². The second kappa shape index (κ2) is 7.91. The number of hydrogen-bond donors (Lipinski definition) is 2. The molecule has 0 aliphatic rings. The number of nitrogens with zero attached hydrogens (tertiary/aromatic N) is 4. The van der Waals surface area contributed by atoms with Gasteiger partial charge in [-0.1, -0.05) is 30.3 Å². The average Bonchev–Trinajstić information content (AvgIpc) is 2.68. The van der Waals surface area contributed by atoms with E-state index in [4.69, 9.17) is 9.47 Å². The Morgan fingerprint density at radius 1 is 0.760 bits per heavy atom. The Kier molecular flexibility index (Phi) is 5.20. The SMILES string of the molecule is COc1cc(NC(Nc2cc(OC)ncn2)c2ccccc2)ncn1. The number of hydrogen-bond acceptors (Lipinski definition) is 8. The van der Waals surface area contributed by atoms with E-state index in [1.807, 2.05) is 30.3 Å². The highest BCUT2D eigenvalue weighted by Gasteiger charge is 2.13. The highest BCUT2D eigenvalue weighted by atomic mass is 16.5. The summed E-state index contributed by atoms with van der Waals surface area (Å²) in [6.07, 6.45) is 2.61. The van der Waals surface area contributed by atoms with Gasteiger partial charge in [0.15, 0.2) is 0 Å². The lowest BCUT2D eigenvalue weighted by Gasteiger charge is -2.22. The van der Waals surface area contributed by atoms with E-state index in [1.165, 1.54) is 12.7 Å². The van der Waals surface area contributed by atoms with Gasteiger partial charge in [0.25, 0.3) is 0 Å². The number of benzene rings is 1. The minimum absolute atomic E-state index is 0.277. The predicted octanol–water partition coefficient (Wildman–Crippen LogP) is 2.51. The lowest BCUT2D eigenvalue weighted by atomic mass is 10.1. The van der Waals surface area contributed by atoms with Crippen molar-refractivity contribution in [2.24, 2.45) is 0 Å². The Bertz CT molecular complexity index is 765. The molecule has 8 heteroatoms. The second-order valence-electron chi connectivity index (χ2n) is 5.02. The largest absolute Gasteiger partial charge is 0.481 e. The van der Waals surface area contributed by atoms with Crippen molar-refractivity contribution in [1.82, 2.24) is 19.9 Å². The second-order valence-corrected chi connectivity index (χ2v) is 5.02. The Morgan fingerprint density at radius 2 is 1.28 bits per heavy atom. The van der Waals surface area contributed by atoms with Crippen LogP contribution in [0.25, 0.3) is 0 Å². The summed E-state index contributed by atoms with van der Waals surface area (Å²) in [6, 6.07) is 13.3. The van der Waals surface area contributed by atoms with Crippen molar-refractivity contribution < 1.29 is 9.47 Å². The standard InChI is InChI=1S/C17H18N6O2/c1-24-15-8-13(18-10-20-15)22-17(12-6-4-3-5-7-12)23-14-9-16(25-2)21-11-19-14/h3-11,17H,1-2H3,(H,18,20,22)(H,19,21,23). The van der Waals surface area contributed by atoms with Crippen molar-refractivity contribution >= 4 is 11.6 Å². The van der Waals surface area contributed by atoms with Crippen molar-refractivity contribution in [3.8, 4) is 11.8 Å². The Balaban J connectivity index is 1.87. The molecule has 0 aliphatic carbocycles. The average molecular weight is 338 g/mol. The molecule has 0 fully saturated rings. The van der Waals surface area contributed by atoms with Crippen LogP contribution in [0.2, 0.25) is 0 Å². The molecule has 0 bridgehead atoms. The molecule has 0 saturated heterocycles. The highest BCUT2D eigenvalue weighted by Crippen LogP contribution is 2.22. The van der Waals surface area contributed by atoms with Gasteiger partial charge in [0.2, 0.25) is 11.8 Å². The highest BCUT2D eigenvalue weighted by molar-refractivity contribution is 5.47. The van der Waals surface area contributed by atoms with Gasteiger partial charge >= 0.3 is 0 Å². The van der Waals surface area contributed by atoms with Crippen molar-refractivity contribution in [3.05, 3.63) is 60.7 Å². The summed E-state index contributed by atoms with van der Waals surface area (Å²) in [7, 11) is 3.12. The van der Waals surface area contributed by atoms with Crippen LogP contribution in [0.5, 0.6) is 11.8 Å². The van der Waals surface area contributed by atoms with Crippen LogP contribution in [-0.2, 0) is 0 Å². The molecule has 0 unspecified atom stereocenters. The van der Waals surface area contributed by atoms with Crippen LogP contribution in [0.1, 0.15) is 11.7 Å². The van der Waals surface area contributed by atoms with Crippen molar-refractivity contribution in [2.45, 2.75) is 6.17 Å². The Morgan fingerprint density at radius 3 is 1.76 bits per heavy atom. The van der Waals surface area contributed by atoms with Gasteiger partial charge in [-0.2, -0.15) is 0 Å². The van der Waals surface area contributed by atoms with Gasteiger partial charge in [0, 0.05) is 12.1 Å². The molecular weight excluding hydrogens is 320 g/mol. The minimum Gasteiger partial charge on any atom is -0.481 e. The molecule has 25 heavy (non-hydrogen) atoms. The summed E-state index contributed by atoms with van der Waals surface area (Å²) < 4.78 is 10.3. The van der Waals surface area contributed by atoms with Gasteiger partial charge < -0.3 is 20.1 Å². The zero-order valence-electron chi connectivity index (χ0n) is 13.9. The first kappa shape index (κ1) is 16.4. The number of nitrogens with one attached hydrogen (secondary N) is 2. The number of ether oxygens (including phenoxy) is 2. The molecule has 0 atom stereocenters. The van der Waals surface area contributed by atoms with E-state index in [2.05, 4.69) is 30.6 Å². The fourth-order valence-corrected chi connectivity index (χ4v) is 2.20. The van der Waals surface area contributed by atoms with Crippen LogP contribution in [0.3, 0.4) is 0 Å². The molecule has 0 spiro atoms. The molecule has 8 nitrogen and oxygen atoms in total. The lowest BCUT2D eigenvalue weighted by molar-refractivity contribution is 0.397. The van der Waals surface area contributed by atoms with Crippen LogP contribution >= 0.6 is 0 Å². The van der Waals surface area contributed by atoms with Crippen LogP contribution in [-0.4, -0.2) is 34.2 Å². The topological polar surface area (TPSA) is 94.1 Å². The summed E-state index contributed by atoms with van der Waals surface area (Å²) in [5, 5.41) is 6.63. The van der Waals surface area contributed by atoms with E-state index in [0.717, 1.165) is 5.56 Å². The molecule has 0 aliphatic heterocycles. The van der Waals surface area contributed by atoms with Gasteiger partial charge in [-0.15, -0.1) is 0 Å². The number of methoxy groups -OCH3 is 2. The smallest absolute Gasteiger partial charge is 0.218 e. The zero-order valence-corrected chi connectivity index (χ0v) is 13.9. The summed E-state index contributed by atoms with van der Waals surface area (Å²) in [6.45, 7) is 0. The summed E-state index contributed by atoms with van der Waals surface area (Å²) in [5.41, 5.74) is 1.01. The Labute approximate surface area is 145 Å². The van der Waals surface area contributed by atoms with Gasteiger partial charge in [-0.05, 0) is 5.56 Å². The van der Waals surface area contributed by atoms with E-state index >= 15 is 0 Å². The number of anilines is 2. The minimum atomic E-state index is -0.277. The first-order valence-electron chi connectivity index (χ1n) is 7.58. The fourth-order valence-electron chi connectivity index (χ4n) is 2.20. The summed E-state index contributed by atoms with van der Waals surface area (Å²) >= 11 is 0. The molecule has 3 rings (SSSR count). The normalized spacial score (nSPS) is 10.4. The molecule has 1 aromatic carbocycles. The van der Waals surface area contributed by atoms with Crippen LogP contribution in [0.4, 0.5) is 11.6 Å². The van der Waals surface area contributed by atoms with Crippen molar-refractivity contribution in [2.75, 3.05) is 24.9 Å². The van der Waals surface area contributed by atoms with E-state index in [-0.39, 0.29) is 6.17 Å². The van der Waals surface area contributed by atoms with Crippen molar-refractivity contribution in [3.63, 3.8) is 0 Å². The third kappa shape index (κ3) is 4.31. The monoisotopic (exact) mass is 338 g/mol. The van der Waals surface area contributed by atoms with E-state index in [9.17, 15) is 0 Å². The van der Waals surface area contributed by atoms with Gasteiger partial charge in [0.1, 0.15) is 30.5 Å². The van der Waals surface area contributed by atoms with Crippen LogP contribution in [0, 0.1) is 0 Å². The molecule has 2 aromatic heterocycles. The maximum Gasteiger partial charge on any atom is 0.218 e. The molecule has 0 radical (unpaired) electrons. The maximum atomic E-state index is 5.14. The van der Waals surface area contributed by atoms with E-state index < -0.39 is 0 Å². The van der Waals surface area contributed by atoms with Gasteiger partial charge in [0.05, 0.1) is 14.2 Å². The first-order valence-corrected chi connectivity index (χ1v) is 7.58. The van der Waals surface area contributed by atoms with E-state index in [1.54, 1.807) is 26.4 Å². The number of aromatic nitrogens is 4. The summed E-state index contributed by atoms with van der Waals surface area (Å²) in [5.74, 6) is 2.20. The molecule has 128 valence electrons. The third-order valence-electron chi connectivity index (χ3n) is 3.42. The molecule has 2 N–H and O–H groups in total. The quantitative estimate of drug-likeness (QED) is 0.635. The lowest BCUT2D eigenvalue weighted by Crippen LogP contribution is -2.21. The number of rotatable bonds is 7.